The predicted molar refractivity (Wildman–Crippen MR) is 111 cm³/mol. The number of ketones is 1. The Hall–Kier alpha value is -3.33. The first kappa shape index (κ1) is 18.1. The fourth-order valence-electron chi connectivity index (χ4n) is 3.31. The van der Waals surface area contributed by atoms with Crippen LogP contribution < -0.4 is 9.47 Å². The number of ether oxygens (including phenoxy) is 2. The molecule has 0 radical (unpaired) electrons. The highest BCUT2D eigenvalue weighted by atomic mass is 16.5. The number of hydrogen-bond acceptors (Lipinski definition) is 3. The smallest absolute Gasteiger partial charge is 0.232 e. The Kier molecular flexibility index (Phi) is 4.74. The van der Waals surface area contributed by atoms with Crippen LogP contribution >= 0.6 is 0 Å². The zero-order valence-corrected chi connectivity index (χ0v) is 16.3. The quantitative estimate of drug-likeness (QED) is 0.544. The summed E-state index contributed by atoms with van der Waals surface area (Å²) >= 11 is 0. The van der Waals surface area contributed by atoms with E-state index in [4.69, 9.17) is 9.47 Å². The average Bonchev–Trinajstić information content (AvgIpc) is 2.99. The van der Waals surface area contributed by atoms with Gasteiger partial charge in [-0.15, -0.1) is 0 Å². The number of Topliss-reactive ketones (excluding diaryl/α,β-unsaturated/α-hetero) is 1. The summed E-state index contributed by atoms with van der Waals surface area (Å²) in [5.74, 6) is 1.52. The molecule has 140 valence electrons. The maximum absolute atomic E-state index is 12.8. The standard InChI is InChI=1S/C25H22O3/c1-16-8-10-19(11-9-16)13-23-25(26)24-18(3)12-21(14-22(24)28-23)27-15-20-7-5-4-6-17(20)2/h4-14H,15H2,1-3H3/b23-13-. The van der Waals surface area contributed by atoms with Gasteiger partial charge >= 0.3 is 0 Å². The molecule has 0 saturated heterocycles. The third-order valence-corrected chi connectivity index (χ3v) is 4.97. The summed E-state index contributed by atoms with van der Waals surface area (Å²) in [7, 11) is 0. The Morgan fingerprint density at radius 3 is 2.43 bits per heavy atom. The lowest BCUT2D eigenvalue weighted by molar-refractivity contribution is 0.101. The maximum atomic E-state index is 12.8. The molecule has 4 rings (SSSR count). The first-order valence-corrected chi connectivity index (χ1v) is 9.34. The van der Waals surface area contributed by atoms with Gasteiger partial charge in [-0.2, -0.15) is 0 Å². The van der Waals surface area contributed by atoms with E-state index in [0.717, 1.165) is 16.7 Å². The van der Waals surface area contributed by atoms with Crippen molar-refractivity contribution in [3.05, 3.63) is 99.8 Å². The largest absolute Gasteiger partial charge is 0.489 e. The molecule has 0 aliphatic carbocycles. The molecule has 1 aliphatic heterocycles. The molecule has 3 aromatic carbocycles. The zero-order valence-electron chi connectivity index (χ0n) is 16.3. The van der Waals surface area contributed by atoms with Crippen molar-refractivity contribution in [2.45, 2.75) is 27.4 Å². The van der Waals surface area contributed by atoms with E-state index < -0.39 is 0 Å². The molecule has 3 aromatic rings. The Balaban J connectivity index is 1.57. The molecule has 0 spiro atoms. The third-order valence-electron chi connectivity index (χ3n) is 4.97. The van der Waals surface area contributed by atoms with Gasteiger partial charge < -0.3 is 9.47 Å². The lowest BCUT2D eigenvalue weighted by Gasteiger charge is -2.10. The van der Waals surface area contributed by atoms with Gasteiger partial charge in [0.1, 0.15) is 18.1 Å². The molecule has 1 aliphatic rings. The Labute approximate surface area is 165 Å². The fourth-order valence-corrected chi connectivity index (χ4v) is 3.31. The maximum Gasteiger partial charge on any atom is 0.232 e. The molecule has 0 saturated carbocycles. The van der Waals surface area contributed by atoms with Crippen LogP contribution in [0.1, 0.15) is 38.2 Å². The molecule has 0 fully saturated rings. The molecule has 0 atom stereocenters. The van der Waals surface area contributed by atoms with Crippen LogP contribution in [0.25, 0.3) is 6.08 Å². The summed E-state index contributed by atoms with van der Waals surface area (Å²) in [6.07, 6.45) is 1.79. The van der Waals surface area contributed by atoms with E-state index in [0.29, 0.717) is 29.4 Å². The topological polar surface area (TPSA) is 35.5 Å². The molecular formula is C25H22O3. The second-order valence-electron chi connectivity index (χ2n) is 7.18. The summed E-state index contributed by atoms with van der Waals surface area (Å²) in [5, 5.41) is 0. The van der Waals surface area contributed by atoms with Crippen LogP contribution in [0.3, 0.4) is 0 Å². The lowest BCUT2D eigenvalue weighted by Crippen LogP contribution is -2.00. The van der Waals surface area contributed by atoms with Crippen LogP contribution in [0, 0.1) is 20.8 Å². The fraction of sp³-hybridized carbons (Fsp3) is 0.160. The first-order chi connectivity index (χ1) is 13.5. The van der Waals surface area contributed by atoms with Crippen molar-refractivity contribution in [2.24, 2.45) is 0 Å². The third kappa shape index (κ3) is 3.56. The minimum absolute atomic E-state index is 0.0847. The first-order valence-electron chi connectivity index (χ1n) is 9.34. The van der Waals surface area contributed by atoms with Gasteiger partial charge in [0.15, 0.2) is 5.76 Å². The average molecular weight is 370 g/mol. The molecular weight excluding hydrogens is 348 g/mol. The van der Waals surface area contributed by atoms with E-state index in [-0.39, 0.29) is 5.78 Å². The van der Waals surface area contributed by atoms with Crippen LogP contribution in [-0.4, -0.2) is 5.78 Å². The summed E-state index contributed by atoms with van der Waals surface area (Å²) in [6, 6.07) is 19.8. The molecule has 3 heteroatoms. The van der Waals surface area contributed by atoms with Gasteiger partial charge in [-0.05, 0) is 55.2 Å². The number of allylic oxidation sites excluding steroid dienone is 1. The number of carbonyl (C=O) groups excluding carboxylic acids is 1. The molecule has 1 heterocycles. The number of rotatable bonds is 4. The van der Waals surface area contributed by atoms with Gasteiger partial charge in [-0.3, -0.25) is 4.79 Å². The highest BCUT2D eigenvalue weighted by molar-refractivity contribution is 6.15. The van der Waals surface area contributed by atoms with E-state index in [2.05, 4.69) is 19.1 Å². The van der Waals surface area contributed by atoms with Gasteiger partial charge in [-0.1, -0.05) is 54.1 Å². The number of carbonyl (C=O) groups is 1. The number of fused-ring (bicyclic) bond motifs is 1. The molecule has 0 aromatic heterocycles. The molecule has 0 amide bonds. The van der Waals surface area contributed by atoms with E-state index in [1.165, 1.54) is 11.1 Å². The van der Waals surface area contributed by atoms with Crippen molar-refractivity contribution in [1.29, 1.82) is 0 Å². The summed E-state index contributed by atoms with van der Waals surface area (Å²) in [4.78, 5) is 12.8. The normalized spacial score (nSPS) is 14.1. The van der Waals surface area contributed by atoms with Gasteiger partial charge in [0, 0.05) is 6.07 Å². The van der Waals surface area contributed by atoms with Crippen LogP contribution in [0.4, 0.5) is 0 Å². The molecule has 0 unspecified atom stereocenters. The molecule has 28 heavy (non-hydrogen) atoms. The van der Waals surface area contributed by atoms with E-state index >= 15 is 0 Å². The zero-order chi connectivity index (χ0) is 19.7. The van der Waals surface area contributed by atoms with Gasteiger partial charge in [0.25, 0.3) is 0 Å². The van der Waals surface area contributed by atoms with Crippen LogP contribution in [0.15, 0.2) is 66.4 Å². The van der Waals surface area contributed by atoms with E-state index in [1.54, 1.807) is 12.1 Å². The minimum Gasteiger partial charge on any atom is -0.489 e. The van der Waals surface area contributed by atoms with E-state index in [9.17, 15) is 4.79 Å². The SMILES string of the molecule is Cc1ccc(/C=C2\Oc3cc(OCc4ccccc4C)cc(C)c3C2=O)cc1. The van der Waals surface area contributed by atoms with Crippen LogP contribution in [0.5, 0.6) is 11.5 Å². The Morgan fingerprint density at radius 2 is 1.68 bits per heavy atom. The van der Waals surface area contributed by atoms with Crippen molar-refractivity contribution >= 4 is 11.9 Å². The predicted octanol–water partition coefficient (Wildman–Crippen LogP) is 5.81. The summed E-state index contributed by atoms with van der Waals surface area (Å²) < 4.78 is 11.9. The number of hydrogen-bond donors (Lipinski definition) is 0. The molecule has 0 bridgehead atoms. The highest BCUT2D eigenvalue weighted by Gasteiger charge is 2.30. The second-order valence-corrected chi connectivity index (χ2v) is 7.18. The van der Waals surface area contributed by atoms with Crippen molar-refractivity contribution in [1.82, 2.24) is 0 Å². The van der Waals surface area contributed by atoms with Crippen molar-refractivity contribution < 1.29 is 14.3 Å². The van der Waals surface area contributed by atoms with Crippen molar-refractivity contribution in [3.8, 4) is 11.5 Å². The summed E-state index contributed by atoms with van der Waals surface area (Å²) in [5.41, 5.74) is 5.91. The second kappa shape index (κ2) is 7.35. The minimum atomic E-state index is -0.0847. The van der Waals surface area contributed by atoms with Gasteiger partial charge in [0.05, 0.1) is 5.56 Å². The Bertz CT molecular complexity index is 1080. The summed E-state index contributed by atoms with van der Waals surface area (Å²) in [6.45, 7) is 6.49. The number of benzene rings is 3. The monoisotopic (exact) mass is 370 g/mol. The van der Waals surface area contributed by atoms with E-state index in [1.807, 2.05) is 56.3 Å². The molecule has 3 nitrogen and oxygen atoms in total. The lowest BCUT2D eigenvalue weighted by atomic mass is 10.0. The Morgan fingerprint density at radius 1 is 0.929 bits per heavy atom. The van der Waals surface area contributed by atoms with Gasteiger partial charge in [-0.25, -0.2) is 0 Å². The van der Waals surface area contributed by atoms with Crippen LogP contribution in [-0.2, 0) is 6.61 Å². The van der Waals surface area contributed by atoms with Crippen LogP contribution in [0.2, 0.25) is 0 Å². The highest BCUT2D eigenvalue weighted by Crippen LogP contribution is 2.37. The van der Waals surface area contributed by atoms with Crippen molar-refractivity contribution in [3.63, 3.8) is 0 Å². The van der Waals surface area contributed by atoms with Gasteiger partial charge in [0.2, 0.25) is 5.78 Å². The molecule has 0 N–H and O–H groups in total. The number of aryl methyl sites for hydroxylation is 3. The van der Waals surface area contributed by atoms with Crippen molar-refractivity contribution in [2.75, 3.05) is 0 Å².